The average molecular weight is 293 g/mol. The lowest BCUT2D eigenvalue weighted by Gasteiger charge is -2.30. The molecule has 20 heavy (non-hydrogen) atoms. The highest BCUT2D eigenvalue weighted by atomic mass is 35.5. The lowest BCUT2D eigenvalue weighted by atomic mass is 9.99. The summed E-state index contributed by atoms with van der Waals surface area (Å²) in [6, 6.07) is 7.45. The number of aryl methyl sites for hydroxylation is 1. The van der Waals surface area contributed by atoms with Gasteiger partial charge in [0.2, 0.25) is 0 Å². The van der Waals surface area contributed by atoms with E-state index in [9.17, 15) is 4.79 Å². The molecule has 0 spiro atoms. The van der Waals surface area contributed by atoms with E-state index < -0.39 is 0 Å². The number of anilines is 2. The first-order valence-corrected chi connectivity index (χ1v) is 6.42. The lowest BCUT2D eigenvalue weighted by Crippen LogP contribution is -2.35. The minimum atomic E-state index is -0.0159. The number of fused-ring (bicyclic) bond motifs is 1. The molecule has 2 N–H and O–H groups in total. The Morgan fingerprint density at radius 2 is 2.15 bits per heavy atom. The van der Waals surface area contributed by atoms with Crippen molar-refractivity contribution >= 4 is 29.7 Å². The van der Waals surface area contributed by atoms with Gasteiger partial charge in [0.05, 0.1) is 11.8 Å². The minimum Gasteiger partial charge on any atom is -0.469 e. The van der Waals surface area contributed by atoms with Crippen molar-refractivity contribution < 1.29 is 9.21 Å². The number of furan rings is 1. The predicted octanol–water partition coefficient (Wildman–Crippen LogP) is 3.19. The molecule has 0 saturated heterocycles. The highest BCUT2D eigenvalue weighted by Gasteiger charge is 2.26. The largest absolute Gasteiger partial charge is 0.469 e. The third kappa shape index (κ3) is 2.27. The van der Waals surface area contributed by atoms with Crippen LogP contribution < -0.4 is 10.6 Å². The van der Waals surface area contributed by atoms with Gasteiger partial charge in [-0.3, -0.25) is 4.79 Å². The summed E-state index contributed by atoms with van der Waals surface area (Å²) < 4.78 is 5.22. The molecule has 2 heterocycles. The number of carbonyl (C=O) groups excluding carboxylic acids is 1. The molecule has 5 heteroatoms. The van der Waals surface area contributed by atoms with Crippen LogP contribution in [0.4, 0.5) is 11.4 Å². The van der Waals surface area contributed by atoms with Gasteiger partial charge in [-0.15, -0.1) is 12.4 Å². The Morgan fingerprint density at radius 1 is 1.35 bits per heavy atom. The van der Waals surface area contributed by atoms with Gasteiger partial charge in [-0.25, -0.2) is 0 Å². The molecular weight excluding hydrogens is 276 g/mol. The summed E-state index contributed by atoms with van der Waals surface area (Å²) >= 11 is 0. The Hall–Kier alpha value is -1.94. The average Bonchev–Trinajstić information content (AvgIpc) is 2.84. The normalized spacial score (nSPS) is 13.6. The second-order valence-corrected chi connectivity index (χ2v) is 4.80. The number of benzene rings is 1. The first kappa shape index (κ1) is 14.5. The van der Waals surface area contributed by atoms with E-state index in [0.29, 0.717) is 11.3 Å². The molecule has 0 saturated carbocycles. The van der Waals surface area contributed by atoms with Gasteiger partial charge >= 0.3 is 0 Å². The number of hydrogen-bond acceptors (Lipinski definition) is 3. The summed E-state index contributed by atoms with van der Waals surface area (Å²) in [5.74, 6) is 0.638. The number of hydrogen-bond donors (Lipinski definition) is 1. The minimum absolute atomic E-state index is 0. The van der Waals surface area contributed by atoms with Gasteiger partial charge < -0.3 is 15.1 Å². The van der Waals surface area contributed by atoms with Crippen LogP contribution in [-0.2, 0) is 6.42 Å². The van der Waals surface area contributed by atoms with Crippen LogP contribution in [0.2, 0.25) is 0 Å². The molecule has 2 aromatic rings. The van der Waals surface area contributed by atoms with E-state index in [0.717, 1.165) is 36.3 Å². The fraction of sp³-hybridized carbons (Fsp3) is 0.267. The summed E-state index contributed by atoms with van der Waals surface area (Å²) in [5.41, 5.74) is 9.38. The van der Waals surface area contributed by atoms with Gasteiger partial charge in [-0.1, -0.05) is 6.07 Å². The van der Waals surface area contributed by atoms with Gasteiger partial charge in [-0.05, 0) is 43.5 Å². The molecule has 1 aliphatic rings. The Balaban J connectivity index is 0.00000147. The van der Waals surface area contributed by atoms with Gasteiger partial charge in [0, 0.05) is 17.9 Å². The molecule has 1 amide bonds. The molecule has 0 unspecified atom stereocenters. The van der Waals surface area contributed by atoms with Crippen molar-refractivity contribution in [2.45, 2.75) is 19.8 Å². The molecule has 0 fully saturated rings. The van der Waals surface area contributed by atoms with E-state index in [1.807, 2.05) is 18.2 Å². The zero-order valence-electron chi connectivity index (χ0n) is 11.3. The summed E-state index contributed by atoms with van der Waals surface area (Å²) in [7, 11) is 0. The number of halogens is 1. The summed E-state index contributed by atoms with van der Waals surface area (Å²) in [6.07, 6.45) is 3.41. The summed E-state index contributed by atoms with van der Waals surface area (Å²) in [6.45, 7) is 2.53. The molecule has 1 aromatic heterocycles. The number of rotatable bonds is 1. The molecule has 0 atom stereocenters. The maximum absolute atomic E-state index is 12.6. The quantitative estimate of drug-likeness (QED) is 0.821. The molecule has 0 bridgehead atoms. The van der Waals surface area contributed by atoms with Crippen molar-refractivity contribution in [2.75, 3.05) is 17.2 Å². The highest BCUT2D eigenvalue weighted by molar-refractivity contribution is 6.07. The SMILES string of the molecule is Cc1occc1C(=O)N1CCCc2c(N)cccc21.Cl. The van der Waals surface area contributed by atoms with Crippen LogP contribution in [0.25, 0.3) is 0 Å². The van der Waals surface area contributed by atoms with Crippen LogP contribution in [0.5, 0.6) is 0 Å². The zero-order chi connectivity index (χ0) is 13.4. The fourth-order valence-corrected chi connectivity index (χ4v) is 2.61. The summed E-state index contributed by atoms with van der Waals surface area (Å²) in [4.78, 5) is 14.4. The van der Waals surface area contributed by atoms with Gasteiger partial charge in [0.1, 0.15) is 5.76 Å². The van der Waals surface area contributed by atoms with Gasteiger partial charge in [0.25, 0.3) is 5.91 Å². The Morgan fingerprint density at radius 3 is 2.85 bits per heavy atom. The third-order valence-corrected chi connectivity index (χ3v) is 3.62. The number of nitrogens with two attached hydrogens (primary N) is 1. The molecule has 1 aliphatic heterocycles. The number of nitrogens with zero attached hydrogens (tertiary/aromatic N) is 1. The van der Waals surface area contributed by atoms with Crippen LogP contribution in [-0.4, -0.2) is 12.5 Å². The van der Waals surface area contributed by atoms with Crippen LogP contribution in [0.15, 0.2) is 34.9 Å². The van der Waals surface area contributed by atoms with Crippen LogP contribution in [0.3, 0.4) is 0 Å². The van der Waals surface area contributed by atoms with E-state index in [1.54, 1.807) is 24.2 Å². The fourth-order valence-electron chi connectivity index (χ4n) is 2.61. The van der Waals surface area contributed by atoms with Gasteiger partial charge in [0.15, 0.2) is 0 Å². The third-order valence-electron chi connectivity index (χ3n) is 3.62. The molecule has 0 radical (unpaired) electrons. The number of amides is 1. The Labute approximate surface area is 124 Å². The standard InChI is InChI=1S/C15H16N2O2.ClH/c1-10-11(7-9-19-10)15(18)17-8-3-4-12-13(16)5-2-6-14(12)17;/h2,5-7,9H,3-4,8,16H2,1H3;1H. The second-order valence-electron chi connectivity index (χ2n) is 4.80. The zero-order valence-corrected chi connectivity index (χ0v) is 12.1. The van der Waals surface area contributed by atoms with E-state index >= 15 is 0 Å². The maximum Gasteiger partial charge on any atom is 0.261 e. The van der Waals surface area contributed by atoms with Crippen LogP contribution in [0, 0.1) is 6.92 Å². The number of carbonyl (C=O) groups is 1. The predicted molar refractivity (Wildman–Crippen MR) is 81.5 cm³/mol. The van der Waals surface area contributed by atoms with Crippen molar-refractivity contribution in [3.63, 3.8) is 0 Å². The first-order chi connectivity index (χ1) is 9.18. The van der Waals surface area contributed by atoms with Crippen molar-refractivity contribution in [1.29, 1.82) is 0 Å². The van der Waals surface area contributed by atoms with Gasteiger partial charge in [-0.2, -0.15) is 0 Å². The molecule has 3 rings (SSSR count). The first-order valence-electron chi connectivity index (χ1n) is 6.42. The maximum atomic E-state index is 12.6. The van der Waals surface area contributed by atoms with Crippen molar-refractivity contribution in [3.05, 3.63) is 47.4 Å². The molecule has 4 nitrogen and oxygen atoms in total. The smallest absolute Gasteiger partial charge is 0.261 e. The molecule has 0 aliphatic carbocycles. The molecule has 1 aromatic carbocycles. The monoisotopic (exact) mass is 292 g/mol. The number of nitrogen functional groups attached to an aromatic ring is 1. The van der Waals surface area contributed by atoms with E-state index in [2.05, 4.69) is 0 Å². The van der Waals surface area contributed by atoms with Crippen molar-refractivity contribution in [1.82, 2.24) is 0 Å². The Kier molecular flexibility index (Phi) is 4.04. The lowest BCUT2D eigenvalue weighted by molar-refractivity contribution is 0.0983. The summed E-state index contributed by atoms with van der Waals surface area (Å²) in [5, 5.41) is 0. The topological polar surface area (TPSA) is 59.5 Å². The molecule has 106 valence electrons. The second kappa shape index (κ2) is 5.59. The van der Waals surface area contributed by atoms with Crippen molar-refractivity contribution in [3.8, 4) is 0 Å². The van der Waals surface area contributed by atoms with Crippen LogP contribution >= 0.6 is 12.4 Å². The van der Waals surface area contributed by atoms with E-state index in [-0.39, 0.29) is 18.3 Å². The highest BCUT2D eigenvalue weighted by Crippen LogP contribution is 2.32. The van der Waals surface area contributed by atoms with Crippen molar-refractivity contribution in [2.24, 2.45) is 0 Å². The van der Waals surface area contributed by atoms with E-state index in [4.69, 9.17) is 10.2 Å². The molecular formula is C15H17ClN2O2. The Bertz CT molecular complexity index is 637. The van der Waals surface area contributed by atoms with E-state index in [1.165, 1.54) is 0 Å². The van der Waals surface area contributed by atoms with Crippen LogP contribution in [0.1, 0.15) is 28.1 Å².